The van der Waals surface area contributed by atoms with Crippen LogP contribution in [0.3, 0.4) is 0 Å². The average Bonchev–Trinajstić information content (AvgIpc) is 2.19. The van der Waals surface area contributed by atoms with Crippen molar-refractivity contribution < 1.29 is 0 Å². The van der Waals surface area contributed by atoms with Crippen molar-refractivity contribution >= 4 is 0 Å². The van der Waals surface area contributed by atoms with E-state index in [0.717, 1.165) is 32.5 Å². The van der Waals surface area contributed by atoms with Crippen LogP contribution in [0, 0.1) is 23.2 Å². The van der Waals surface area contributed by atoms with E-state index < -0.39 is 0 Å². The smallest absolute Gasteiger partial charge is 0.0656 e. The molecule has 3 nitrogen and oxygen atoms in total. The third kappa shape index (κ3) is 3.28. The molecule has 1 saturated heterocycles. The van der Waals surface area contributed by atoms with Gasteiger partial charge < -0.3 is 10.6 Å². The van der Waals surface area contributed by atoms with Crippen LogP contribution in [0.5, 0.6) is 0 Å². The van der Waals surface area contributed by atoms with Gasteiger partial charge in [-0.15, -0.1) is 0 Å². The molecule has 1 rings (SSSR count). The molecule has 0 aromatic heterocycles. The minimum Gasteiger partial charge on any atom is -0.326 e. The lowest BCUT2D eigenvalue weighted by molar-refractivity contribution is 0.184. The van der Waals surface area contributed by atoms with Gasteiger partial charge in [-0.3, -0.25) is 0 Å². The predicted molar refractivity (Wildman–Crippen MR) is 57.6 cm³/mol. The molecule has 0 unspecified atom stereocenters. The van der Waals surface area contributed by atoms with Gasteiger partial charge in [0, 0.05) is 18.5 Å². The Morgan fingerprint density at radius 2 is 2.00 bits per heavy atom. The van der Waals surface area contributed by atoms with E-state index in [9.17, 15) is 0 Å². The van der Waals surface area contributed by atoms with Gasteiger partial charge >= 0.3 is 0 Å². The maximum atomic E-state index is 8.75. The molecule has 0 radical (unpaired) electrons. The molecule has 1 heterocycles. The van der Waals surface area contributed by atoms with Gasteiger partial charge in [-0.25, -0.2) is 0 Å². The number of hydrogen-bond donors (Lipinski definition) is 1. The van der Waals surface area contributed by atoms with Crippen LogP contribution in [0.2, 0.25) is 0 Å². The van der Waals surface area contributed by atoms with E-state index in [2.05, 4.69) is 24.8 Å². The van der Waals surface area contributed by atoms with Crippen molar-refractivity contribution in [2.24, 2.45) is 17.6 Å². The average molecular weight is 195 g/mol. The number of nitrogens with zero attached hydrogens (tertiary/aromatic N) is 2. The number of piperidine rings is 1. The molecule has 0 spiro atoms. The zero-order valence-corrected chi connectivity index (χ0v) is 9.24. The molecule has 0 bridgehead atoms. The van der Waals surface area contributed by atoms with Gasteiger partial charge in [-0.1, -0.05) is 13.8 Å². The quantitative estimate of drug-likeness (QED) is 0.736. The Hall–Kier alpha value is -0.590. The van der Waals surface area contributed by atoms with Gasteiger partial charge in [0.25, 0.3) is 0 Å². The highest BCUT2D eigenvalue weighted by Crippen LogP contribution is 2.16. The van der Waals surface area contributed by atoms with Crippen molar-refractivity contribution in [1.82, 2.24) is 4.90 Å². The minimum atomic E-state index is 0.272. The number of hydrogen-bond acceptors (Lipinski definition) is 3. The Morgan fingerprint density at radius 1 is 1.43 bits per heavy atom. The second kappa shape index (κ2) is 5.33. The van der Waals surface area contributed by atoms with Gasteiger partial charge in [-0.05, 0) is 31.8 Å². The summed E-state index contributed by atoms with van der Waals surface area (Å²) in [5, 5.41) is 8.75. The van der Waals surface area contributed by atoms with E-state index in [1.165, 1.54) is 0 Å². The summed E-state index contributed by atoms with van der Waals surface area (Å²) in [6.07, 6.45) is 2.03. The number of nitrogens with two attached hydrogens (primary N) is 1. The summed E-state index contributed by atoms with van der Waals surface area (Å²) in [5.74, 6) is 0.824. The molecule has 0 aliphatic carbocycles. The van der Waals surface area contributed by atoms with Crippen molar-refractivity contribution in [3.63, 3.8) is 0 Å². The van der Waals surface area contributed by atoms with E-state index in [1.54, 1.807) is 0 Å². The van der Waals surface area contributed by atoms with Gasteiger partial charge in [0.2, 0.25) is 0 Å². The van der Waals surface area contributed by atoms with Gasteiger partial charge in [0.15, 0.2) is 0 Å². The van der Waals surface area contributed by atoms with Crippen molar-refractivity contribution in [1.29, 1.82) is 5.26 Å². The lowest BCUT2D eigenvalue weighted by Gasteiger charge is -2.32. The summed E-state index contributed by atoms with van der Waals surface area (Å²) in [4.78, 5) is 2.39. The molecule has 2 N–H and O–H groups in total. The molecule has 0 aromatic rings. The van der Waals surface area contributed by atoms with Crippen LogP contribution in [0.1, 0.15) is 26.7 Å². The maximum Gasteiger partial charge on any atom is 0.0656 e. The fourth-order valence-electron chi connectivity index (χ4n) is 1.75. The highest BCUT2D eigenvalue weighted by atomic mass is 15.1. The van der Waals surface area contributed by atoms with Crippen molar-refractivity contribution in [2.45, 2.75) is 32.7 Å². The number of likely N-dealkylation sites (tertiary alicyclic amines) is 1. The molecule has 1 aliphatic rings. The van der Waals surface area contributed by atoms with Crippen molar-refractivity contribution in [3.8, 4) is 6.07 Å². The van der Waals surface area contributed by atoms with Crippen LogP contribution in [0.4, 0.5) is 0 Å². The second-order valence-electron chi connectivity index (χ2n) is 4.61. The molecule has 0 amide bonds. The molecule has 1 atom stereocenters. The monoisotopic (exact) mass is 195 g/mol. The highest BCUT2D eigenvalue weighted by molar-refractivity contribution is 4.88. The summed E-state index contributed by atoms with van der Waals surface area (Å²) in [5.41, 5.74) is 6.01. The molecule has 14 heavy (non-hydrogen) atoms. The lowest BCUT2D eigenvalue weighted by Crippen LogP contribution is -2.44. The first-order valence-electron chi connectivity index (χ1n) is 5.51. The van der Waals surface area contributed by atoms with Crippen LogP contribution >= 0.6 is 0 Å². The van der Waals surface area contributed by atoms with Crippen LogP contribution in [0.15, 0.2) is 0 Å². The normalized spacial score (nSPS) is 22.2. The van der Waals surface area contributed by atoms with Gasteiger partial charge in [-0.2, -0.15) is 5.26 Å². The SMILES string of the molecule is CC(C)[C@H](N)CN1CCC(C#N)CC1. The van der Waals surface area contributed by atoms with E-state index in [-0.39, 0.29) is 12.0 Å². The molecule has 3 heteroatoms. The summed E-state index contributed by atoms with van der Waals surface area (Å²) in [7, 11) is 0. The Labute approximate surface area is 86.9 Å². The Morgan fingerprint density at radius 3 is 2.43 bits per heavy atom. The molecule has 1 fully saturated rings. The fraction of sp³-hybridized carbons (Fsp3) is 0.909. The predicted octanol–water partition coefficient (Wildman–Crippen LogP) is 1.21. The minimum absolute atomic E-state index is 0.272. The summed E-state index contributed by atoms with van der Waals surface area (Å²) in [6.45, 7) is 7.38. The maximum absolute atomic E-state index is 8.75. The highest BCUT2D eigenvalue weighted by Gasteiger charge is 2.20. The zero-order chi connectivity index (χ0) is 10.6. The van der Waals surface area contributed by atoms with E-state index in [4.69, 9.17) is 11.0 Å². The van der Waals surface area contributed by atoms with Crippen LogP contribution in [-0.4, -0.2) is 30.6 Å². The summed E-state index contributed by atoms with van der Waals surface area (Å²) >= 11 is 0. The first-order chi connectivity index (χ1) is 6.63. The topological polar surface area (TPSA) is 53.0 Å². The lowest BCUT2D eigenvalue weighted by atomic mass is 9.97. The standard InChI is InChI=1S/C11H21N3/c1-9(2)11(13)8-14-5-3-10(7-12)4-6-14/h9-11H,3-6,8,13H2,1-2H3/t11-/m1/s1. The molecule has 0 saturated carbocycles. The molecular weight excluding hydrogens is 174 g/mol. The Kier molecular flexibility index (Phi) is 4.37. The van der Waals surface area contributed by atoms with Gasteiger partial charge in [0.05, 0.1) is 6.07 Å². The summed E-state index contributed by atoms with van der Waals surface area (Å²) in [6, 6.07) is 2.61. The molecule has 80 valence electrons. The Bertz CT molecular complexity index is 199. The van der Waals surface area contributed by atoms with Crippen LogP contribution in [0.25, 0.3) is 0 Å². The van der Waals surface area contributed by atoms with E-state index >= 15 is 0 Å². The van der Waals surface area contributed by atoms with Crippen molar-refractivity contribution in [3.05, 3.63) is 0 Å². The zero-order valence-electron chi connectivity index (χ0n) is 9.24. The second-order valence-corrected chi connectivity index (χ2v) is 4.61. The largest absolute Gasteiger partial charge is 0.326 e. The number of nitriles is 1. The molecular formula is C11H21N3. The Balaban J connectivity index is 2.26. The van der Waals surface area contributed by atoms with Crippen molar-refractivity contribution in [2.75, 3.05) is 19.6 Å². The first-order valence-corrected chi connectivity index (χ1v) is 5.51. The molecule has 1 aliphatic heterocycles. The van der Waals surface area contributed by atoms with Gasteiger partial charge in [0.1, 0.15) is 0 Å². The van der Waals surface area contributed by atoms with E-state index in [1.807, 2.05) is 0 Å². The van der Waals surface area contributed by atoms with E-state index in [0.29, 0.717) is 5.92 Å². The number of rotatable bonds is 3. The fourth-order valence-corrected chi connectivity index (χ4v) is 1.75. The molecule has 0 aromatic carbocycles. The third-order valence-electron chi connectivity index (χ3n) is 3.10. The third-order valence-corrected chi connectivity index (χ3v) is 3.10. The first kappa shape index (κ1) is 11.5. The summed E-state index contributed by atoms with van der Waals surface area (Å²) < 4.78 is 0. The van der Waals surface area contributed by atoms with Crippen LogP contribution in [-0.2, 0) is 0 Å². The van der Waals surface area contributed by atoms with Crippen LogP contribution < -0.4 is 5.73 Å².